The zero-order chi connectivity index (χ0) is 15.4. The second kappa shape index (κ2) is 6.97. The normalized spacial score (nSPS) is 18.6. The molecule has 1 unspecified atom stereocenters. The number of rotatable bonds is 5. The van der Waals surface area contributed by atoms with Crippen LogP contribution in [0.3, 0.4) is 0 Å². The van der Waals surface area contributed by atoms with Gasteiger partial charge in [0.15, 0.2) is 5.82 Å². The van der Waals surface area contributed by atoms with Gasteiger partial charge in [-0.3, -0.25) is 4.79 Å². The lowest BCUT2D eigenvalue weighted by Gasteiger charge is -2.33. The summed E-state index contributed by atoms with van der Waals surface area (Å²) in [4.78, 5) is 22.7. The summed E-state index contributed by atoms with van der Waals surface area (Å²) >= 11 is 1.64. The first-order chi connectivity index (χ1) is 10.7. The van der Waals surface area contributed by atoms with Gasteiger partial charge in [0.1, 0.15) is 6.04 Å². The van der Waals surface area contributed by atoms with Crippen molar-refractivity contribution in [1.29, 1.82) is 0 Å². The van der Waals surface area contributed by atoms with Gasteiger partial charge >= 0.3 is 0 Å². The maximum Gasteiger partial charge on any atom is 0.223 e. The van der Waals surface area contributed by atoms with Crippen molar-refractivity contribution >= 4 is 17.2 Å². The molecular weight excluding hydrogens is 304 g/mol. The monoisotopic (exact) mass is 322 g/mol. The average molecular weight is 322 g/mol. The Kier molecular flexibility index (Phi) is 4.79. The van der Waals surface area contributed by atoms with Gasteiger partial charge in [0.05, 0.1) is 23.9 Å². The summed E-state index contributed by atoms with van der Waals surface area (Å²) in [6.07, 6.45) is 3.38. The smallest absolute Gasteiger partial charge is 0.223 e. The van der Waals surface area contributed by atoms with Crippen LogP contribution in [0.5, 0.6) is 0 Å². The molecule has 8 heteroatoms. The molecule has 0 saturated carbocycles. The molecule has 1 fully saturated rings. The van der Waals surface area contributed by atoms with Crippen LogP contribution in [0.25, 0.3) is 0 Å². The van der Waals surface area contributed by atoms with Crippen LogP contribution in [0.1, 0.15) is 35.4 Å². The third-order valence-corrected chi connectivity index (χ3v) is 4.44. The molecule has 118 valence electrons. The molecule has 1 amide bonds. The third kappa shape index (κ3) is 3.50. The highest BCUT2D eigenvalue weighted by Crippen LogP contribution is 2.22. The van der Waals surface area contributed by atoms with E-state index in [1.165, 1.54) is 6.39 Å². The second-order valence-corrected chi connectivity index (χ2v) is 6.24. The molecule has 0 radical (unpaired) electrons. The Bertz CT molecular complexity index is 613. The quantitative estimate of drug-likeness (QED) is 0.834. The predicted octanol–water partition coefficient (Wildman–Crippen LogP) is 1.76. The van der Waals surface area contributed by atoms with E-state index in [9.17, 15) is 4.79 Å². The summed E-state index contributed by atoms with van der Waals surface area (Å²) in [6.45, 7) is 3.51. The van der Waals surface area contributed by atoms with Crippen molar-refractivity contribution in [2.45, 2.75) is 32.2 Å². The highest BCUT2D eigenvalue weighted by Gasteiger charge is 2.31. The average Bonchev–Trinajstić information content (AvgIpc) is 3.19. The van der Waals surface area contributed by atoms with Crippen LogP contribution < -0.4 is 0 Å². The molecule has 0 aliphatic carbocycles. The molecule has 1 saturated heterocycles. The number of carbonyl (C=O) groups is 1. The van der Waals surface area contributed by atoms with Crippen LogP contribution in [-0.2, 0) is 16.0 Å². The van der Waals surface area contributed by atoms with Gasteiger partial charge in [-0.1, -0.05) is 5.16 Å². The van der Waals surface area contributed by atoms with Gasteiger partial charge in [-0.2, -0.15) is 4.98 Å². The van der Waals surface area contributed by atoms with E-state index in [1.807, 2.05) is 6.92 Å². The molecule has 3 rings (SSSR count). The molecular formula is C14H18N4O3S. The number of carbonyl (C=O) groups excluding carboxylic acids is 1. The lowest BCUT2D eigenvalue weighted by atomic mass is 10.1. The maximum absolute atomic E-state index is 12.5. The van der Waals surface area contributed by atoms with Crippen LogP contribution in [-0.4, -0.2) is 45.7 Å². The lowest BCUT2D eigenvalue weighted by molar-refractivity contribution is -0.140. The Morgan fingerprint density at radius 2 is 2.45 bits per heavy atom. The van der Waals surface area contributed by atoms with E-state index in [1.54, 1.807) is 16.2 Å². The van der Waals surface area contributed by atoms with Crippen LogP contribution in [0.4, 0.5) is 0 Å². The molecule has 2 aromatic rings. The van der Waals surface area contributed by atoms with E-state index < -0.39 is 0 Å². The zero-order valence-electron chi connectivity index (χ0n) is 12.4. The summed E-state index contributed by atoms with van der Waals surface area (Å²) in [7, 11) is 0. The van der Waals surface area contributed by atoms with Crippen molar-refractivity contribution in [2.24, 2.45) is 0 Å². The number of hydrogen-bond donors (Lipinski definition) is 0. The fourth-order valence-corrected chi connectivity index (χ4v) is 3.18. The first-order valence-electron chi connectivity index (χ1n) is 7.28. The molecule has 0 bridgehead atoms. The topological polar surface area (TPSA) is 81.4 Å². The molecule has 22 heavy (non-hydrogen) atoms. The van der Waals surface area contributed by atoms with Gasteiger partial charge in [0, 0.05) is 18.3 Å². The van der Waals surface area contributed by atoms with Gasteiger partial charge < -0.3 is 14.2 Å². The van der Waals surface area contributed by atoms with E-state index >= 15 is 0 Å². The highest BCUT2D eigenvalue weighted by atomic mass is 32.1. The molecule has 1 atom stereocenters. The Balaban J connectivity index is 1.55. The molecule has 2 aromatic heterocycles. The minimum atomic E-state index is -0.249. The largest absolute Gasteiger partial charge is 0.377 e. The van der Waals surface area contributed by atoms with Gasteiger partial charge in [0.2, 0.25) is 12.3 Å². The minimum Gasteiger partial charge on any atom is -0.377 e. The molecule has 0 N–H and O–H groups in total. The molecule has 3 heterocycles. The number of morpholine rings is 1. The van der Waals surface area contributed by atoms with Gasteiger partial charge in [-0.15, -0.1) is 11.3 Å². The lowest BCUT2D eigenvalue weighted by Crippen LogP contribution is -2.43. The Hall–Kier alpha value is -1.80. The standard InChI is InChI=1S/C14H18N4O3S/c1-10-16-11(8-22-10)3-2-4-13(19)18-5-6-20-7-12(18)14-15-9-21-17-14/h8-9,12H,2-7H2,1H3. The molecule has 1 aliphatic heterocycles. The number of ether oxygens (including phenoxy) is 1. The van der Waals surface area contributed by atoms with Gasteiger partial charge in [0.25, 0.3) is 0 Å². The van der Waals surface area contributed by atoms with Crippen molar-refractivity contribution < 1.29 is 14.1 Å². The predicted molar refractivity (Wildman–Crippen MR) is 79.4 cm³/mol. The van der Waals surface area contributed by atoms with Crippen LogP contribution in [0.2, 0.25) is 0 Å². The first-order valence-corrected chi connectivity index (χ1v) is 8.16. The van der Waals surface area contributed by atoms with E-state index in [4.69, 9.17) is 9.26 Å². The van der Waals surface area contributed by atoms with Crippen molar-refractivity contribution in [2.75, 3.05) is 19.8 Å². The summed E-state index contributed by atoms with van der Waals surface area (Å²) in [5.41, 5.74) is 1.06. The molecule has 1 aliphatic rings. The molecule has 0 aromatic carbocycles. The number of hydrogen-bond acceptors (Lipinski definition) is 7. The van der Waals surface area contributed by atoms with Crippen molar-refractivity contribution in [1.82, 2.24) is 20.0 Å². The van der Waals surface area contributed by atoms with E-state index in [2.05, 4.69) is 20.5 Å². The van der Waals surface area contributed by atoms with Gasteiger partial charge in [-0.25, -0.2) is 4.98 Å². The van der Waals surface area contributed by atoms with E-state index in [-0.39, 0.29) is 11.9 Å². The summed E-state index contributed by atoms with van der Waals surface area (Å²) in [5, 5.41) is 6.95. The summed E-state index contributed by atoms with van der Waals surface area (Å²) in [6, 6.07) is -0.249. The zero-order valence-corrected chi connectivity index (χ0v) is 13.2. The van der Waals surface area contributed by atoms with E-state index in [0.717, 1.165) is 23.5 Å². The van der Waals surface area contributed by atoms with Crippen LogP contribution in [0.15, 0.2) is 16.3 Å². The SMILES string of the molecule is Cc1nc(CCCC(=O)N2CCOCC2c2ncon2)cs1. The number of aromatic nitrogens is 3. The van der Waals surface area contributed by atoms with Crippen molar-refractivity contribution in [3.8, 4) is 0 Å². The minimum absolute atomic E-state index is 0.102. The van der Waals surface area contributed by atoms with E-state index in [0.29, 0.717) is 32.0 Å². The van der Waals surface area contributed by atoms with Crippen LogP contribution in [0, 0.1) is 6.92 Å². The number of aryl methyl sites for hydroxylation is 2. The maximum atomic E-state index is 12.5. The van der Waals surface area contributed by atoms with Crippen molar-refractivity contribution in [3.63, 3.8) is 0 Å². The number of thiazole rings is 1. The summed E-state index contributed by atoms with van der Waals surface area (Å²) < 4.78 is 10.2. The molecule has 0 spiro atoms. The van der Waals surface area contributed by atoms with Crippen LogP contribution >= 0.6 is 11.3 Å². The number of nitrogens with zero attached hydrogens (tertiary/aromatic N) is 4. The Morgan fingerprint density at radius 3 is 3.18 bits per heavy atom. The Morgan fingerprint density at radius 1 is 1.55 bits per heavy atom. The van der Waals surface area contributed by atoms with Crippen molar-refractivity contribution in [3.05, 3.63) is 28.3 Å². The van der Waals surface area contributed by atoms with Gasteiger partial charge in [-0.05, 0) is 19.8 Å². The highest BCUT2D eigenvalue weighted by molar-refractivity contribution is 7.09. The third-order valence-electron chi connectivity index (χ3n) is 3.62. The molecule has 7 nitrogen and oxygen atoms in total. The second-order valence-electron chi connectivity index (χ2n) is 5.18. The number of amides is 1. The Labute approximate surface area is 132 Å². The summed E-state index contributed by atoms with van der Waals surface area (Å²) in [5.74, 6) is 0.605. The fourth-order valence-electron chi connectivity index (χ4n) is 2.53. The fraction of sp³-hybridized carbons (Fsp3) is 0.571. The first kappa shape index (κ1) is 15.1.